The summed E-state index contributed by atoms with van der Waals surface area (Å²) >= 11 is 0. The lowest BCUT2D eigenvalue weighted by Crippen LogP contribution is -2.00. The summed E-state index contributed by atoms with van der Waals surface area (Å²) in [5.41, 5.74) is -0.147. The van der Waals surface area contributed by atoms with E-state index in [0.29, 0.717) is 0 Å². The third kappa shape index (κ3) is 1.88. The van der Waals surface area contributed by atoms with Gasteiger partial charge in [0.15, 0.2) is 0 Å². The summed E-state index contributed by atoms with van der Waals surface area (Å²) < 4.78 is 32.8. The normalized spacial score (nSPS) is 10.2. The van der Waals surface area contributed by atoms with E-state index in [1.54, 1.807) is 0 Å². The highest BCUT2D eigenvalue weighted by molar-refractivity contribution is 7.89. The summed E-state index contributed by atoms with van der Waals surface area (Å²) in [6.07, 6.45) is 0. The summed E-state index contributed by atoms with van der Waals surface area (Å²) in [7, 11) is -3.16. The van der Waals surface area contributed by atoms with Gasteiger partial charge < -0.3 is 0 Å². The summed E-state index contributed by atoms with van der Waals surface area (Å²) in [6.45, 7) is 0. The Labute approximate surface area is 69.8 Å². The van der Waals surface area contributed by atoms with E-state index in [9.17, 15) is 17.6 Å². The SMILES string of the molecule is O=C(c1cccc(F)c1)[SH](=O)=O. The Hall–Kier alpha value is -1.23. The van der Waals surface area contributed by atoms with Crippen LogP contribution in [-0.2, 0) is 10.7 Å². The minimum atomic E-state index is -3.16. The number of halogens is 1. The first kappa shape index (κ1) is 8.86. The van der Waals surface area contributed by atoms with Gasteiger partial charge in [0.25, 0.3) is 5.12 Å². The zero-order valence-corrected chi connectivity index (χ0v) is 6.75. The maximum Gasteiger partial charge on any atom is 0.274 e. The van der Waals surface area contributed by atoms with Crippen molar-refractivity contribution in [1.29, 1.82) is 0 Å². The Morgan fingerprint density at radius 2 is 2.00 bits per heavy atom. The first-order valence-electron chi connectivity index (χ1n) is 3.05. The molecule has 0 aliphatic rings. The lowest BCUT2D eigenvalue weighted by molar-refractivity contribution is 0.108. The lowest BCUT2D eigenvalue weighted by atomic mass is 10.2. The number of carbonyl (C=O) groups is 1. The summed E-state index contributed by atoms with van der Waals surface area (Å²) in [5.74, 6) is -0.627. The van der Waals surface area contributed by atoms with Gasteiger partial charge in [-0.1, -0.05) is 12.1 Å². The van der Waals surface area contributed by atoms with E-state index >= 15 is 0 Å². The fourth-order valence-electron chi connectivity index (χ4n) is 0.727. The van der Waals surface area contributed by atoms with Crippen LogP contribution in [0.1, 0.15) is 10.4 Å². The van der Waals surface area contributed by atoms with Gasteiger partial charge in [0.05, 0.1) is 0 Å². The molecule has 0 saturated heterocycles. The van der Waals surface area contributed by atoms with Gasteiger partial charge in [-0.2, -0.15) is 0 Å². The topological polar surface area (TPSA) is 51.2 Å². The quantitative estimate of drug-likeness (QED) is 0.656. The van der Waals surface area contributed by atoms with Gasteiger partial charge in [-0.3, -0.25) is 4.79 Å². The highest BCUT2D eigenvalue weighted by atomic mass is 32.2. The second-order valence-corrected chi connectivity index (χ2v) is 2.99. The number of hydrogen-bond donors (Lipinski definition) is 1. The number of benzene rings is 1. The Balaban J connectivity index is 3.12. The minimum absolute atomic E-state index is 0.147. The zero-order chi connectivity index (χ0) is 9.14. The number of rotatable bonds is 1. The van der Waals surface area contributed by atoms with E-state index in [1.807, 2.05) is 0 Å². The van der Waals surface area contributed by atoms with Crippen molar-refractivity contribution in [2.75, 3.05) is 0 Å². The Morgan fingerprint density at radius 1 is 1.33 bits per heavy atom. The monoisotopic (exact) mass is 188 g/mol. The molecule has 3 nitrogen and oxygen atoms in total. The fraction of sp³-hybridized carbons (Fsp3) is 0. The number of hydrogen-bond acceptors (Lipinski definition) is 3. The van der Waals surface area contributed by atoms with E-state index in [4.69, 9.17) is 0 Å². The standard InChI is InChI=1S/C7H5FO3S/c8-6-3-1-2-5(4-6)7(9)12(10)11/h1-4,12H. The van der Waals surface area contributed by atoms with Crippen LogP contribution in [0.25, 0.3) is 0 Å². The predicted octanol–water partition coefficient (Wildman–Crippen LogP) is 0.577. The van der Waals surface area contributed by atoms with Gasteiger partial charge in [0, 0.05) is 5.56 Å². The lowest BCUT2D eigenvalue weighted by Gasteiger charge is -1.92. The van der Waals surface area contributed by atoms with Crippen LogP contribution in [0.4, 0.5) is 4.39 Å². The van der Waals surface area contributed by atoms with Crippen molar-refractivity contribution in [3.63, 3.8) is 0 Å². The molecule has 0 heterocycles. The predicted molar refractivity (Wildman–Crippen MR) is 41.0 cm³/mol. The molecule has 1 aromatic rings. The first-order chi connectivity index (χ1) is 5.61. The Morgan fingerprint density at radius 3 is 2.50 bits per heavy atom. The zero-order valence-electron chi connectivity index (χ0n) is 5.86. The maximum atomic E-state index is 12.4. The molecule has 0 fully saturated rings. The average Bonchev–Trinajstić information content (AvgIpc) is 2.03. The molecule has 0 unspecified atom stereocenters. The van der Waals surface area contributed by atoms with Crippen LogP contribution in [0.15, 0.2) is 24.3 Å². The molecule has 5 heteroatoms. The second kappa shape index (κ2) is 3.44. The van der Waals surface area contributed by atoms with E-state index in [2.05, 4.69) is 0 Å². The molecule has 0 amide bonds. The van der Waals surface area contributed by atoms with Crippen LogP contribution in [0.5, 0.6) is 0 Å². The molecule has 1 rings (SSSR count). The van der Waals surface area contributed by atoms with Crippen molar-refractivity contribution < 1.29 is 17.6 Å². The molecule has 0 N–H and O–H groups in total. The molecule has 0 aliphatic heterocycles. The molecule has 0 aliphatic carbocycles. The Bertz CT molecular complexity index is 376. The molecule has 0 radical (unpaired) electrons. The summed E-state index contributed by atoms with van der Waals surface area (Å²) in [6, 6.07) is 4.54. The van der Waals surface area contributed by atoms with Gasteiger partial charge in [0.1, 0.15) is 5.82 Å². The summed E-state index contributed by atoms with van der Waals surface area (Å²) in [4.78, 5) is 10.7. The molecular formula is C7H5FO3S. The van der Waals surface area contributed by atoms with Crippen LogP contribution in [0, 0.1) is 5.82 Å². The molecule has 64 valence electrons. The van der Waals surface area contributed by atoms with E-state index in [0.717, 1.165) is 12.1 Å². The highest BCUT2D eigenvalue weighted by Gasteiger charge is 2.07. The minimum Gasteiger partial charge on any atom is -0.276 e. The third-order valence-corrected chi connectivity index (χ3v) is 1.83. The number of carbonyl (C=O) groups excluding carboxylic acids is 1. The fourth-order valence-corrected chi connectivity index (χ4v) is 1.08. The van der Waals surface area contributed by atoms with Crippen LogP contribution in [-0.4, -0.2) is 13.5 Å². The van der Waals surface area contributed by atoms with E-state index < -0.39 is 21.6 Å². The Kier molecular flexibility index (Phi) is 2.54. The molecule has 0 atom stereocenters. The molecule has 0 bridgehead atoms. The average molecular weight is 188 g/mol. The van der Waals surface area contributed by atoms with Crippen LogP contribution >= 0.6 is 0 Å². The second-order valence-electron chi connectivity index (χ2n) is 2.07. The molecule has 0 aromatic heterocycles. The van der Waals surface area contributed by atoms with Crippen molar-refractivity contribution in [2.24, 2.45) is 0 Å². The first-order valence-corrected chi connectivity index (χ1v) is 4.23. The van der Waals surface area contributed by atoms with Gasteiger partial charge in [-0.05, 0) is 12.1 Å². The van der Waals surface area contributed by atoms with Gasteiger partial charge in [-0.15, -0.1) is 0 Å². The summed E-state index contributed by atoms with van der Waals surface area (Å²) in [5, 5.41) is -1.07. The van der Waals surface area contributed by atoms with Crippen LogP contribution < -0.4 is 0 Å². The third-order valence-electron chi connectivity index (χ3n) is 1.24. The van der Waals surface area contributed by atoms with E-state index in [1.165, 1.54) is 12.1 Å². The van der Waals surface area contributed by atoms with Gasteiger partial charge >= 0.3 is 0 Å². The van der Waals surface area contributed by atoms with Crippen molar-refractivity contribution in [1.82, 2.24) is 0 Å². The maximum absolute atomic E-state index is 12.4. The van der Waals surface area contributed by atoms with Crippen molar-refractivity contribution >= 4 is 15.8 Å². The van der Waals surface area contributed by atoms with Crippen LogP contribution in [0.2, 0.25) is 0 Å². The van der Waals surface area contributed by atoms with Crippen molar-refractivity contribution in [2.45, 2.75) is 0 Å². The van der Waals surface area contributed by atoms with Gasteiger partial charge in [-0.25, -0.2) is 12.8 Å². The largest absolute Gasteiger partial charge is 0.276 e. The van der Waals surface area contributed by atoms with Gasteiger partial charge in [0.2, 0.25) is 10.7 Å². The molecular weight excluding hydrogens is 183 g/mol. The number of thiol groups is 1. The van der Waals surface area contributed by atoms with E-state index in [-0.39, 0.29) is 5.56 Å². The molecule has 0 saturated carbocycles. The van der Waals surface area contributed by atoms with Crippen molar-refractivity contribution in [3.05, 3.63) is 35.6 Å². The molecule has 0 spiro atoms. The highest BCUT2D eigenvalue weighted by Crippen LogP contribution is 2.04. The van der Waals surface area contributed by atoms with Crippen LogP contribution in [0.3, 0.4) is 0 Å². The smallest absolute Gasteiger partial charge is 0.274 e. The molecule has 12 heavy (non-hydrogen) atoms. The van der Waals surface area contributed by atoms with Crippen molar-refractivity contribution in [3.8, 4) is 0 Å². The molecule has 1 aromatic carbocycles.